The fraction of sp³-hybridized carbons (Fsp3) is 0.471. The number of nitrogens with two attached hydrogens (primary N) is 1. The highest BCUT2D eigenvalue weighted by Crippen LogP contribution is 2.34. The van der Waals surface area contributed by atoms with Crippen molar-refractivity contribution in [2.24, 2.45) is 11.7 Å². The summed E-state index contributed by atoms with van der Waals surface area (Å²) in [6, 6.07) is 8.71. The Hall–Kier alpha value is -1.21. The monoisotopic (exact) mass is 369 g/mol. The molecule has 1 aliphatic rings. The van der Waals surface area contributed by atoms with E-state index in [1.807, 2.05) is 6.07 Å². The van der Waals surface area contributed by atoms with E-state index in [0.717, 1.165) is 25.7 Å². The van der Waals surface area contributed by atoms with Gasteiger partial charge in [0.15, 0.2) is 0 Å². The van der Waals surface area contributed by atoms with Crippen LogP contribution in [0.4, 0.5) is 0 Å². The average molecular weight is 370 g/mol. The zero-order valence-electron chi connectivity index (χ0n) is 13.7. The Balaban J connectivity index is 0.00000208. The molecular weight excluding hydrogens is 346 g/mol. The Kier molecular flexibility index (Phi) is 5.86. The Labute approximate surface area is 149 Å². The van der Waals surface area contributed by atoms with Crippen molar-refractivity contribution in [1.82, 2.24) is 9.71 Å². The van der Waals surface area contributed by atoms with Crippen LogP contribution in [0.5, 0.6) is 0 Å². The molecule has 1 aromatic carbocycles. The first kappa shape index (κ1) is 19.1. The van der Waals surface area contributed by atoms with Crippen LogP contribution in [-0.4, -0.2) is 25.5 Å². The summed E-state index contributed by atoms with van der Waals surface area (Å²) < 4.78 is 29.0. The molecule has 5 nitrogen and oxygen atoms in total. The van der Waals surface area contributed by atoms with Crippen molar-refractivity contribution in [3.63, 3.8) is 0 Å². The lowest BCUT2D eigenvalue weighted by Crippen LogP contribution is -2.58. The molecule has 0 saturated heterocycles. The number of nitrogens with zero attached hydrogens (tertiary/aromatic N) is 1. The first-order valence-electron chi connectivity index (χ1n) is 8.06. The lowest BCUT2D eigenvalue weighted by Gasteiger charge is -2.42. The summed E-state index contributed by atoms with van der Waals surface area (Å²) in [6.07, 6.45) is 5.57. The molecule has 0 radical (unpaired) electrons. The number of rotatable bonds is 4. The van der Waals surface area contributed by atoms with E-state index >= 15 is 0 Å². The molecule has 0 amide bonds. The van der Waals surface area contributed by atoms with E-state index in [2.05, 4.69) is 16.6 Å². The van der Waals surface area contributed by atoms with Crippen molar-refractivity contribution in [1.29, 1.82) is 0 Å². The highest BCUT2D eigenvalue weighted by molar-refractivity contribution is 7.89. The molecule has 7 heteroatoms. The fourth-order valence-corrected chi connectivity index (χ4v) is 5.29. The molecule has 3 N–H and O–H groups in total. The molecule has 1 saturated carbocycles. The summed E-state index contributed by atoms with van der Waals surface area (Å²) in [7, 11) is -3.66. The minimum absolute atomic E-state index is 0. The maximum Gasteiger partial charge on any atom is 0.241 e. The topological polar surface area (TPSA) is 85.1 Å². The van der Waals surface area contributed by atoms with E-state index in [0.29, 0.717) is 17.4 Å². The van der Waals surface area contributed by atoms with Gasteiger partial charge < -0.3 is 5.73 Å². The molecule has 2 aromatic rings. The number of pyridine rings is 1. The molecule has 0 spiro atoms. The molecule has 0 bridgehead atoms. The van der Waals surface area contributed by atoms with E-state index in [4.69, 9.17) is 5.73 Å². The smallest absolute Gasteiger partial charge is 0.241 e. The molecule has 2 unspecified atom stereocenters. The van der Waals surface area contributed by atoms with Crippen molar-refractivity contribution >= 4 is 33.3 Å². The third-order valence-electron chi connectivity index (χ3n) is 5.05. The number of hydrogen-bond donors (Lipinski definition) is 2. The van der Waals surface area contributed by atoms with Crippen molar-refractivity contribution in [3.05, 3.63) is 36.5 Å². The predicted octanol–water partition coefficient (Wildman–Crippen LogP) is 2.84. The third-order valence-corrected chi connectivity index (χ3v) is 6.66. The van der Waals surface area contributed by atoms with E-state index in [1.165, 1.54) is 0 Å². The van der Waals surface area contributed by atoms with Crippen LogP contribution in [0.1, 0.15) is 32.6 Å². The second-order valence-electron chi connectivity index (χ2n) is 6.44. The molecule has 132 valence electrons. The van der Waals surface area contributed by atoms with Crippen molar-refractivity contribution in [3.8, 4) is 0 Å². The first-order valence-corrected chi connectivity index (χ1v) is 9.55. The molecule has 24 heavy (non-hydrogen) atoms. The third kappa shape index (κ3) is 3.42. The van der Waals surface area contributed by atoms with Gasteiger partial charge in [-0.3, -0.25) is 4.98 Å². The van der Waals surface area contributed by atoms with Gasteiger partial charge >= 0.3 is 0 Å². The van der Waals surface area contributed by atoms with Gasteiger partial charge in [-0.05, 0) is 43.0 Å². The van der Waals surface area contributed by atoms with Crippen LogP contribution >= 0.6 is 12.4 Å². The molecule has 1 fully saturated rings. The summed E-state index contributed by atoms with van der Waals surface area (Å²) in [4.78, 5) is 4.51. The van der Waals surface area contributed by atoms with Crippen LogP contribution < -0.4 is 10.5 Å². The van der Waals surface area contributed by atoms with E-state index in [-0.39, 0.29) is 23.2 Å². The van der Waals surface area contributed by atoms with Gasteiger partial charge in [-0.2, -0.15) is 0 Å². The van der Waals surface area contributed by atoms with Gasteiger partial charge in [0, 0.05) is 23.7 Å². The van der Waals surface area contributed by atoms with E-state index in [1.54, 1.807) is 30.5 Å². The maximum absolute atomic E-state index is 13.0. The standard InChI is InChI=1S/C17H23N3O2S.ClH/c1-13-6-2-3-10-17(13,12-18)20-23(21,22)16-9-4-8-15-14(16)7-5-11-19-15;/h4-5,7-9,11,13,20H,2-3,6,10,12,18H2,1H3;1H. The first-order chi connectivity index (χ1) is 11.0. The van der Waals surface area contributed by atoms with Crippen LogP contribution in [0, 0.1) is 5.92 Å². The number of benzene rings is 1. The van der Waals surface area contributed by atoms with Gasteiger partial charge in [0.2, 0.25) is 10.0 Å². The number of aromatic nitrogens is 1. The largest absolute Gasteiger partial charge is 0.329 e. The zero-order valence-corrected chi connectivity index (χ0v) is 15.4. The summed E-state index contributed by atoms with van der Waals surface area (Å²) in [5.41, 5.74) is 6.11. The average Bonchev–Trinajstić information content (AvgIpc) is 2.56. The normalized spacial score (nSPS) is 24.5. The van der Waals surface area contributed by atoms with Crippen molar-refractivity contribution in [2.75, 3.05) is 6.54 Å². The van der Waals surface area contributed by atoms with Crippen LogP contribution in [0.15, 0.2) is 41.4 Å². The molecule has 1 aromatic heterocycles. The Morgan fingerprint density at radius 1 is 1.29 bits per heavy atom. The minimum atomic E-state index is -3.66. The number of nitrogens with one attached hydrogen (secondary N) is 1. The van der Waals surface area contributed by atoms with Gasteiger partial charge in [-0.25, -0.2) is 13.1 Å². The minimum Gasteiger partial charge on any atom is -0.329 e. The molecule has 0 aliphatic heterocycles. The lowest BCUT2D eigenvalue weighted by molar-refractivity contribution is 0.191. The number of halogens is 1. The maximum atomic E-state index is 13.0. The second kappa shape index (κ2) is 7.35. The summed E-state index contributed by atoms with van der Waals surface area (Å²) in [6.45, 7) is 2.40. The van der Waals surface area contributed by atoms with Crippen LogP contribution in [-0.2, 0) is 10.0 Å². The lowest BCUT2D eigenvalue weighted by atomic mass is 9.74. The zero-order chi connectivity index (χ0) is 16.5. The summed E-state index contributed by atoms with van der Waals surface area (Å²) >= 11 is 0. The molecular formula is C17H24ClN3O2S. The van der Waals surface area contributed by atoms with Crippen LogP contribution in [0.25, 0.3) is 10.9 Å². The quantitative estimate of drug-likeness (QED) is 0.867. The number of sulfonamides is 1. The van der Waals surface area contributed by atoms with Gasteiger partial charge in [0.05, 0.1) is 10.4 Å². The molecule has 3 rings (SSSR count). The van der Waals surface area contributed by atoms with E-state index < -0.39 is 15.6 Å². The Morgan fingerprint density at radius 3 is 2.79 bits per heavy atom. The predicted molar refractivity (Wildman–Crippen MR) is 98.7 cm³/mol. The van der Waals surface area contributed by atoms with Crippen LogP contribution in [0.3, 0.4) is 0 Å². The fourth-order valence-electron chi connectivity index (χ4n) is 3.54. The SMILES string of the molecule is CC1CCCCC1(CN)NS(=O)(=O)c1cccc2ncccc12.Cl. The van der Waals surface area contributed by atoms with E-state index in [9.17, 15) is 8.42 Å². The summed E-state index contributed by atoms with van der Waals surface area (Å²) in [5, 5.41) is 0.637. The van der Waals surface area contributed by atoms with Crippen LogP contribution in [0.2, 0.25) is 0 Å². The van der Waals surface area contributed by atoms with Crippen molar-refractivity contribution < 1.29 is 8.42 Å². The van der Waals surface area contributed by atoms with Gasteiger partial charge in [0.25, 0.3) is 0 Å². The second-order valence-corrected chi connectivity index (χ2v) is 8.09. The van der Waals surface area contributed by atoms with Gasteiger partial charge in [-0.15, -0.1) is 12.4 Å². The molecule has 2 atom stereocenters. The molecule has 1 heterocycles. The number of hydrogen-bond acceptors (Lipinski definition) is 4. The van der Waals surface area contributed by atoms with Crippen molar-refractivity contribution in [2.45, 2.75) is 43.0 Å². The summed E-state index contributed by atoms with van der Waals surface area (Å²) in [5.74, 6) is 0.226. The number of fused-ring (bicyclic) bond motifs is 1. The molecule has 1 aliphatic carbocycles. The van der Waals surface area contributed by atoms with Gasteiger partial charge in [-0.1, -0.05) is 25.8 Å². The highest BCUT2D eigenvalue weighted by Gasteiger charge is 2.40. The Morgan fingerprint density at radius 2 is 2.08 bits per heavy atom. The van der Waals surface area contributed by atoms with Gasteiger partial charge in [0.1, 0.15) is 0 Å². The highest BCUT2D eigenvalue weighted by atomic mass is 35.5. The Bertz CT molecular complexity index is 807.